The highest BCUT2D eigenvalue weighted by Crippen LogP contribution is 2.03. The van der Waals surface area contributed by atoms with Crippen molar-refractivity contribution in [3.05, 3.63) is 12.0 Å². The molecule has 3 N–H and O–H groups in total. The molecule has 0 aliphatic carbocycles. The van der Waals surface area contributed by atoms with Crippen LogP contribution in [-0.4, -0.2) is 21.4 Å². The van der Waals surface area contributed by atoms with E-state index in [9.17, 15) is 0 Å². The summed E-state index contributed by atoms with van der Waals surface area (Å²) in [5.74, 6) is -0.364. The molecule has 1 atom stereocenters. The van der Waals surface area contributed by atoms with E-state index in [1.54, 1.807) is 0 Å². The Balaban J connectivity index is 3.59. The van der Waals surface area contributed by atoms with Crippen LogP contribution in [0.25, 0.3) is 0 Å². The summed E-state index contributed by atoms with van der Waals surface area (Å²) in [6.07, 6.45) is 0.863. The van der Waals surface area contributed by atoms with Crippen LogP contribution in [0.1, 0.15) is 19.8 Å². The van der Waals surface area contributed by atoms with Crippen LogP contribution in [-0.2, 0) is 0 Å². The van der Waals surface area contributed by atoms with Gasteiger partial charge in [-0.05, 0) is 6.42 Å². The van der Waals surface area contributed by atoms with Gasteiger partial charge in [-0.15, -0.1) is 0 Å². The lowest BCUT2D eigenvalue weighted by atomic mass is 10.2. The van der Waals surface area contributed by atoms with E-state index < -0.39 is 6.10 Å². The van der Waals surface area contributed by atoms with Crippen molar-refractivity contribution in [2.45, 2.75) is 25.9 Å². The molecule has 0 aromatic carbocycles. The summed E-state index contributed by atoms with van der Waals surface area (Å²) in [5, 5.41) is 25.6. The molecule has 3 nitrogen and oxygen atoms in total. The van der Waals surface area contributed by atoms with Gasteiger partial charge in [-0.25, -0.2) is 0 Å². The summed E-state index contributed by atoms with van der Waals surface area (Å²) in [6, 6.07) is 0. The van der Waals surface area contributed by atoms with Gasteiger partial charge < -0.3 is 15.3 Å². The zero-order valence-electron chi connectivity index (χ0n) is 5.41. The molecule has 0 radical (unpaired) electrons. The van der Waals surface area contributed by atoms with E-state index in [1.807, 2.05) is 6.92 Å². The van der Waals surface area contributed by atoms with Crippen LogP contribution >= 0.6 is 0 Å². The van der Waals surface area contributed by atoms with Crippen molar-refractivity contribution in [1.29, 1.82) is 0 Å². The van der Waals surface area contributed by atoms with Crippen molar-refractivity contribution in [2.24, 2.45) is 0 Å². The zero-order chi connectivity index (χ0) is 7.28. The molecule has 0 aliphatic heterocycles. The third-order valence-electron chi connectivity index (χ3n) is 1.04. The summed E-state index contributed by atoms with van der Waals surface area (Å²) >= 11 is 0. The molecule has 0 bridgehead atoms. The second-order valence-electron chi connectivity index (χ2n) is 1.86. The molecule has 0 amide bonds. The van der Waals surface area contributed by atoms with Crippen LogP contribution in [0.3, 0.4) is 0 Å². The fraction of sp³-hybridized carbons (Fsp3) is 0.667. The summed E-state index contributed by atoms with van der Waals surface area (Å²) in [5.41, 5.74) is 0. The highest BCUT2D eigenvalue weighted by Gasteiger charge is 2.06. The lowest BCUT2D eigenvalue weighted by molar-refractivity contribution is 0.137. The Kier molecular flexibility index (Phi) is 3.88. The Morgan fingerprint density at radius 2 is 2.22 bits per heavy atom. The molecule has 54 valence electrons. The number of hydrogen-bond acceptors (Lipinski definition) is 3. The van der Waals surface area contributed by atoms with Gasteiger partial charge in [0.25, 0.3) is 0 Å². The fourth-order valence-electron chi connectivity index (χ4n) is 0.507. The zero-order valence-corrected chi connectivity index (χ0v) is 5.41. The van der Waals surface area contributed by atoms with E-state index in [0.717, 1.165) is 6.42 Å². The van der Waals surface area contributed by atoms with Crippen molar-refractivity contribution in [3.63, 3.8) is 0 Å². The minimum atomic E-state index is -0.903. The predicted octanol–water partition coefficient (Wildman–Crippen LogP) is 1.10. The molecule has 0 spiro atoms. The summed E-state index contributed by atoms with van der Waals surface area (Å²) in [6.45, 7) is 1.88. The number of aliphatic hydroxyl groups is 3. The molecular formula is C6H12O3. The van der Waals surface area contributed by atoms with Crippen molar-refractivity contribution >= 4 is 0 Å². The van der Waals surface area contributed by atoms with Gasteiger partial charge in [0.1, 0.15) is 12.4 Å². The van der Waals surface area contributed by atoms with Crippen molar-refractivity contribution < 1.29 is 15.3 Å². The van der Waals surface area contributed by atoms with Gasteiger partial charge in [-0.3, -0.25) is 0 Å². The Labute approximate surface area is 54.3 Å². The van der Waals surface area contributed by atoms with E-state index in [-0.39, 0.29) is 5.76 Å². The maximum atomic E-state index is 8.84. The predicted molar refractivity (Wildman–Crippen MR) is 34.3 cm³/mol. The summed E-state index contributed by atoms with van der Waals surface area (Å²) in [4.78, 5) is 0. The topological polar surface area (TPSA) is 60.7 Å². The molecule has 1 unspecified atom stereocenters. The Morgan fingerprint density at radius 3 is 2.56 bits per heavy atom. The normalized spacial score (nSPS) is 15.6. The summed E-state index contributed by atoms with van der Waals surface area (Å²) in [7, 11) is 0. The third kappa shape index (κ3) is 2.98. The average Bonchev–Trinajstić information content (AvgIpc) is 1.87. The molecule has 0 saturated heterocycles. The first kappa shape index (κ1) is 8.30. The van der Waals surface area contributed by atoms with Gasteiger partial charge in [0.15, 0.2) is 5.76 Å². The molecule has 9 heavy (non-hydrogen) atoms. The lowest BCUT2D eigenvalue weighted by Gasteiger charge is -2.04. The molecular weight excluding hydrogens is 120 g/mol. The van der Waals surface area contributed by atoms with E-state index in [0.29, 0.717) is 12.7 Å². The maximum absolute atomic E-state index is 8.84. The molecule has 3 heteroatoms. The van der Waals surface area contributed by atoms with Gasteiger partial charge >= 0.3 is 0 Å². The first-order chi connectivity index (χ1) is 4.22. The molecule has 0 heterocycles. The Bertz CT molecular complexity index is 98.5. The van der Waals surface area contributed by atoms with Crippen LogP contribution in [0.5, 0.6) is 0 Å². The average molecular weight is 132 g/mol. The van der Waals surface area contributed by atoms with E-state index >= 15 is 0 Å². The minimum absolute atomic E-state index is 0.364. The van der Waals surface area contributed by atoms with Gasteiger partial charge in [0.05, 0.1) is 0 Å². The summed E-state index contributed by atoms with van der Waals surface area (Å²) < 4.78 is 0. The number of rotatable bonds is 3. The SMILES string of the molecule is CCCC(O)/C(O)=C/O. The van der Waals surface area contributed by atoms with Gasteiger partial charge in [0.2, 0.25) is 0 Å². The molecule has 0 aromatic rings. The van der Waals surface area contributed by atoms with Crippen molar-refractivity contribution in [3.8, 4) is 0 Å². The van der Waals surface area contributed by atoms with Gasteiger partial charge in [0, 0.05) is 0 Å². The van der Waals surface area contributed by atoms with Gasteiger partial charge in [-0.1, -0.05) is 13.3 Å². The highest BCUT2D eigenvalue weighted by molar-refractivity contribution is 4.91. The first-order valence-corrected chi connectivity index (χ1v) is 2.93. The quantitative estimate of drug-likeness (QED) is 0.504. The smallest absolute Gasteiger partial charge is 0.155 e. The van der Waals surface area contributed by atoms with Crippen LogP contribution in [0.2, 0.25) is 0 Å². The molecule has 0 aliphatic rings. The van der Waals surface area contributed by atoms with Crippen LogP contribution < -0.4 is 0 Å². The lowest BCUT2D eigenvalue weighted by Crippen LogP contribution is -2.08. The molecule has 0 rings (SSSR count). The highest BCUT2D eigenvalue weighted by atomic mass is 16.3. The van der Waals surface area contributed by atoms with E-state index in [4.69, 9.17) is 15.3 Å². The third-order valence-corrected chi connectivity index (χ3v) is 1.04. The molecule has 0 aromatic heterocycles. The van der Waals surface area contributed by atoms with Crippen molar-refractivity contribution in [1.82, 2.24) is 0 Å². The van der Waals surface area contributed by atoms with Gasteiger partial charge in [-0.2, -0.15) is 0 Å². The minimum Gasteiger partial charge on any atom is -0.512 e. The first-order valence-electron chi connectivity index (χ1n) is 2.93. The van der Waals surface area contributed by atoms with Crippen LogP contribution in [0.15, 0.2) is 12.0 Å². The van der Waals surface area contributed by atoms with E-state index in [1.165, 1.54) is 0 Å². The number of aliphatic hydroxyl groups excluding tert-OH is 3. The largest absolute Gasteiger partial charge is 0.512 e. The van der Waals surface area contributed by atoms with Crippen LogP contribution in [0.4, 0.5) is 0 Å². The second-order valence-corrected chi connectivity index (χ2v) is 1.86. The standard InChI is InChI=1S/C6H12O3/c1-2-3-5(8)6(9)4-7/h4-5,7-9H,2-3H2,1H3/b6-4-. The number of hydrogen-bond donors (Lipinski definition) is 3. The maximum Gasteiger partial charge on any atom is 0.155 e. The Morgan fingerprint density at radius 1 is 1.67 bits per heavy atom. The van der Waals surface area contributed by atoms with E-state index in [2.05, 4.69) is 0 Å². The molecule has 0 fully saturated rings. The fourth-order valence-corrected chi connectivity index (χ4v) is 0.507. The van der Waals surface area contributed by atoms with Crippen LogP contribution in [0, 0.1) is 0 Å². The Hall–Kier alpha value is -0.700. The molecule has 0 saturated carbocycles. The second kappa shape index (κ2) is 4.21. The van der Waals surface area contributed by atoms with Crippen molar-refractivity contribution in [2.75, 3.05) is 0 Å². The monoisotopic (exact) mass is 132 g/mol.